The van der Waals surface area contributed by atoms with Gasteiger partial charge >= 0.3 is 0 Å². The van der Waals surface area contributed by atoms with E-state index in [1.807, 2.05) is 32.8 Å². The minimum Gasteiger partial charge on any atom is -0.382 e. The summed E-state index contributed by atoms with van der Waals surface area (Å²) in [5, 5.41) is 6.29. The third kappa shape index (κ3) is 4.87. The first-order valence-electron chi connectivity index (χ1n) is 6.26. The second-order valence-corrected chi connectivity index (χ2v) is 4.83. The quantitative estimate of drug-likeness (QED) is 0.652. The number of nitrogens with zero attached hydrogens (tertiary/aromatic N) is 2. The van der Waals surface area contributed by atoms with Crippen LogP contribution in [0.15, 0.2) is 11.3 Å². The van der Waals surface area contributed by atoms with Crippen molar-refractivity contribution in [1.82, 2.24) is 15.1 Å². The van der Waals surface area contributed by atoms with Gasteiger partial charge in [-0.2, -0.15) is 5.10 Å². The lowest BCUT2D eigenvalue weighted by atomic mass is 10.2. The second-order valence-electron chi connectivity index (χ2n) is 4.83. The fourth-order valence-electron chi connectivity index (χ4n) is 1.48. The Labute approximate surface area is 120 Å². The number of carbonyl (C=O) groups is 2. The first-order chi connectivity index (χ1) is 9.09. The van der Waals surface area contributed by atoms with Crippen LogP contribution in [0.4, 0.5) is 5.82 Å². The highest BCUT2D eigenvalue weighted by Gasteiger charge is 2.10. The number of carbonyl (C=O) groups excluding carboxylic acids is 2. The maximum absolute atomic E-state index is 10.8. The molecule has 6 heteroatoms. The monoisotopic (exact) mass is 280 g/mol. The molecule has 1 heterocycles. The van der Waals surface area contributed by atoms with Crippen LogP contribution in [0.1, 0.15) is 43.7 Å². The normalized spacial score (nSPS) is 11.2. The van der Waals surface area contributed by atoms with Crippen LogP contribution >= 0.6 is 0 Å². The van der Waals surface area contributed by atoms with E-state index in [4.69, 9.17) is 5.73 Å². The molecule has 0 aliphatic rings. The van der Waals surface area contributed by atoms with E-state index in [-0.39, 0.29) is 17.4 Å². The van der Waals surface area contributed by atoms with Crippen LogP contribution in [0, 0.1) is 6.92 Å². The molecule has 0 amide bonds. The molecule has 1 aromatic heterocycles. The summed E-state index contributed by atoms with van der Waals surface area (Å²) in [6.07, 6.45) is 0. The van der Waals surface area contributed by atoms with Crippen molar-refractivity contribution in [2.24, 2.45) is 0 Å². The minimum absolute atomic E-state index is 0.0521. The molecule has 20 heavy (non-hydrogen) atoms. The Kier molecular flexibility index (Phi) is 6.68. The number of H-pyrrole nitrogens is 1. The van der Waals surface area contributed by atoms with Crippen LogP contribution < -0.4 is 5.73 Å². The lowest BCUT2D eigenvalue weighted by molar-refractivity contribution is -0.113. The maximum Gasteiger partial charge on any atom is 0.165 e. The summed E-state index contributed by atoms with van der Waals surface area (Å²) >= 11 is 0. The molecule has 0 saturated carbocycles. The lowest BCUT2D eigenvalue weighted by Crippen LogP contribution is -2.12. The fraction of sp³-hybridized carbons (Fsp3) is 0.500. The molecule has 1 aromatic rings. The van der Waals surface area contributed by atoms with Crippen molar-refractivity contribution in [1.29, 1.82) is 0 Å². The van der Waals surface area contributed by atoms with Gasteiger partial charge in [0.1, 0.15) is 0 Å². The molecule has 3 N–H and O–H groups in total. The van der Waals surface area contributed by atoms with E-state index in [2.05, 4.69) is 10.2 Å². The number of aromatic amines is 1. The van der Waals surface area contributed by atoms with Crippen LogP contribution in [-0.2, 0) is 4.79 Å². The molecule has 0 spiro atoms. The number of nitrogens with one attached hydrogen (secondary N) is 1. The molecular formula is C14H24N4O2. The van der Waals surface area contributed by atoms with Gasteiger partial charge < -0.3 is 10.6 Å². The molecule has 0 aliphatic carbocycles. The van der Waals surface area contributed by atoms with Gasteiger partial charge in [-0.25, -0.2) is 0 Å². The zero-order valence-electron chi connectivity index (χ0n) is 13.3. The largest absolute Gasteiger partial charge is 0.382 e. The predicted octanol–water partition coefficient (Wildman–Crippen LogP) is 1.93. The topological polar surface area (TPSA) is 92.1 Å². The van der Waals surface area contributed by atoms with Gasteiger partial charge in [0.2, 0.25) is 0 Å². The first-order valence-corrected chi connectivity index (χ1v) is 6.26. The van der Waals surface area contributed by atoms with Gasteiger partial charge in [0.25, 0.3) is 0 Å². The Hall–Kier alpha value is -2.11. The van der Waals surface area contributed by atoms with E-state index < -0.39 is 0 Å². The first kappa shape index (κ1) is 17.9. The van der Waals surface area contributed by atoms with Crippen LogP contribution in [0.25, 0.3) is 0 Å². The van der Waals surface area contributed by atoms with E-state index in [0.29, 0.717) is 5.56 Å². The van der Waals surface area contributed by atoms with Crippen molar-refractivity contribution >= 4 is 17.4 Å². The van der Waals surface area contributed by atoms with Gasteiger partial charge in [0, 0.05) is 31.1 Å². The van der Waals surface area contributed by atoms with Crippen molar-refractivity contribution in [2.45, 2.75) is 34.6 Å². The summed E-state index contributed by atoms with van der Waals surface area (Å²) in [4.78, 5) is 23.6. The van der Waals surface area contributed by atoms with Crippen molar-refractivity contribution in [3.05, 3.63) is 22.5 Å². The van der Waals surface area contributed by atoms with Crippen LogP contribution in [-0.4, -0.2) is 40.8 Å². The van der Waals surface area contributed by atoms with E-state index in [1.165, 1.54) is 6.92 Å². The maximum atomic E-state index is 10.8. The van der Waals surface area contributed by atoms with E-state index in [1.54, 1.807) is 13.8 Å². The zero-order chi connectivity index (χ0) is 16.0. The number of hydrogen-bond acceptors (Lipinski definition) is 5. The number of aryl methyl sites for hydroxylation is 1. The van der Waals surface area contributed by atoms with Gasteiger partial charge in [0.15, 0.2) is 17.4 Å². The van der Waals surface area contributed by atoms with Gasteiger partial charge in [-0.3, -0.25) is 14.7 Å². The molecule has 6 nitrogen and oxygen atoms in total. The number of aromatic nitrogens is 2. The Morgan fingerprint density at radius 2 is 1.65 bits per heavy atom. The summed E-state index contributed by atoms with van der Waals surface area (Å²) < 4.78 is 0. The second kappa shape index (κ2) is 7.47. The summed E-state index contributed by atoms with van der Waals surface area (Å²) in [6.45, 7) is 8.60. The number of Topliss-reactive ketones (excluding diaryl/α,β-unsaturated/α-hetero) is 2. The van der Waals surface area contributed by atoms with Crippen LogP contribution in [0.3, 0.4) is 0 Å². The molecule has 0 fully saturated rings. The van der Waals surface area contributed by atoms with Crippen molar-refractivity contribution in [2.75, 3.05) is 19.8 Å². The average Bonchev–Trinajstić information content (AvgIpc) is 2.67. The van der Waals surface area contributed by atoms with E-state index in [9.17, 15) is 9.59 Å². The summed E-state index contributed by atoms with van der Waals surface area (Å²) in [6, 6.07) is 0. The van der Waals surface area contributed by atoms with E-state index in [0.717, 1.165) is 17.0 Å². The molecule has 0 radical (unpaired) electrons. The van der Waals surface area contributed by atoms with Gasteiger partial charge in [-0.1, -0.05) is 0 Å². The number of anilines is 1. The summed E-state index contributed by atoms with van der Waals surface area (Å²) in [5.41, 5.74) is 8.48. The van der Waals surface area contributed by atoms with Gasteiger partial charge in [0.05, 0.1) is 5.56 Å². The molecule has 0 aromatic carbocycles. The molecule has 1 rings (SSSR count). The number of rotatable bonds is 3. The zero-order valence-corrected chi connectivity index (χ0v) is 13.3. The molecular weight excluding hydrogens is 256 g/mol. The average molecular weight is 280 g/mol. The van der Waals surface area contributed by atoms with Crippen LogP contribution in [0.5, 0.6) is 0 Å². The lowest BCUT2D eigenvalue weighted by Gasteiger charge is -2.14. The number of nitrogens with two attached hydrogens (primary N) is 1. The third-order valence-corrected chi connectivity index (χ3v) is 3.07. The highest BCUT2D eigenvalue weighted by Crippen LogP contribution is 2.11. The predicted molar refractivity (Wildman–Crippen MR) is 80.5 cm³/mol. The van der Waals surface area contributed by atoms with Crippen molar-refractivity contribution in [3.8, 4) is 0 Å². The van der Waals surface area contributed by atoms with Crippen LogP contribution in [0.2, 0.25) is 0 Å². The highest BCUT2D eigenvalue weighted by atomic mass is 16.1. The Bertz CT molecular complexity index is 508. The summed E-state index contributed by atoms with van der Waals surface area (Å²) in [7, 11) is 3.86. The molecule has 0 atom stereocenters. The smallest absolute Gasteiger partial charge is 0.165 e. The SMILES string of the molecule is CC(=O)/C(C)=C(/C)N(C)C.CC(=O)c1c(N)n[nH]c1C. The molecule has 0 aliphatic heterocycles. The fourth-order valence-corrected chi connectivity index (χ4v) is 1.48. The van der Waals surface area contributed by atoms with Crippen molar-refractivity contribution in [3.63, 3.8) is 0 Å². The van der Waals surface area contributed by atoms with Gasteiger partial charge in [-0.05, 0) is 34.6 Å². The molecule has 0 bridgehead atoms. The summed E-state index contributed by atoms with van der Waals surface area (Å²) in [5.74, 6) is 0.375. The third-order valence-electron chi connectivity index (χ3n) is 3.07. The molecule has 0 saturated heterocycles. The van der Waals surface area contributed by atoms with E-state index >= 15 is 0 Å². The number of ketones is 2. The Morgan fingerprint density at radius 3 is 1.80 bits per heavy atom. The molecule has 0 unspecified atom stereocenters. The number of hydrogen-bond donors (Lipinski definition) is 2. The molecule has 112 valence electrons. The number of nitrogen functional groups attached to an aromatic ring is 1. The van der Waals surface area contributed by atoms with Gasteiger partial charge in [-0.15, -0.1) is 0 Å². The van der Waals surface area contributed by atoms with Crippen molar-refractivity contribution < 1.29 is 9.59 Å². The Morgan fingerprint density at radius 1 is 1.15 bits per heavy atom. The number of allylic oxidation sites excluding steroid dienone is 2. The minimum atomic E-state index is -0.0521. The Balaban J connectivity index is 0.000000361. The highest BCUT2D eigenvalue weighted by molar-refractivity contribution is 5.99. The standard InChI is InChI=1S/C8H15NO.C6H9N3O/c1-6(8(3)10)7(2)9(4)5;1-3-5(4(2)10)6(7)9-8-3/h1-5H3;1-2H3,(H3,7,8,9)/b7-6-;.